The molecule has 0 radical (unpaired) electrons. The molecule has 0 saturated carbocycles. The topological polar surface area (TPSA) is 69.6 Å². The first-order valence-corrected chi connectivity index (χ1v) is 5.76. The van der Waals surface area contributed by atoms with Crippen molar-refractivity contribution in [2.75, 3.05) is 6.54 Å². The maximum atomic E-state index is 10.8. The number of benzene rings is 2. The molecule has 0 fully saturated rings. The van der Waals surface area contributed by atoms with Gasteiger partial charge in [-0.15, -0.1) is 0 Å². The van der Waals surface area contributed by atoms with Gasteiger partial charge in [0.25, 0.3) is 0 Å². The third-order valence-electron chi connectivity index (χ3n) is 2.82. The molecule has 1 amide bonds. The molecule has 3 N–H and O–H groups in total. The molecule has 0 aromatic heterocycles. The summed E-state index contributed by atoms with van der Waals surface area (Å²) in [6.45, 7) is 2.03. The highest BCUT2D eigenvalue weighted by Crippen LogP contribution is 2.33. The molecular weight excluding hydrogens is 230 g/mol. The second kappa shape index (κ2) is 4.96. The maximum absolute atomic E-state index is 10.8. The van der Waals surface area contributed by atoms with Gasteiger partial charge in [0, 0.05) is 18.9 Å². The Morgan fingerprint density at radius 2 is 1.94 bits per heavy atom. The summed E-state index contributed by atoms with van der Waals surface area (Å²) >= 11 is 0. The van der Waals surface area contributed by atoms with Crippen LogP contribution in [0.1, 0.15) is 12.5 Å². The molecule has 2 aromatic rings. The lowest BCUT2D eigenvalue weighted by molar-refractivity contribution is -0.118. The van der Waals surface area contributed by atoms with Crippen molar-refractivity contribution in [3.63, 3.8) is 0 Å². The number of hydrogen-bond donors (Lipinski definition) is 3. The minimum absolute atomic E-state index is 0.0590. The Morgan fingerprint density at radius 1 is 1.22 bits per heavy atom. The highest BCUT2D eigenvalue weighted by Gasteiger charge is 2.06. The van der Waals surface area contributed by atoms with Gasteiger partial charge in [-0.1, -0.05) is 18.2 Å². The Kier molecular flexibility index (Phi) is 3.37. The molecule has 0 aliphatic heterocycles. The van der Waals surface area contributed by atoms with Crippen LogP contribution in [0.15, 0.2) is 30.3 Å². The molecule has 18 heavy (non-hydrogen) atoms. The van der Waals surface area contributed by atoms with E-state index < -0.39 is 0 Å². The van der Waals surface area contributed by atoms with Crippen molar-refractivity contribution in [1.82, 2.24) is 5.32 Å². The number of amides is 1. The predicted octanol–water partition coefficient (Wildman–Crippen LogP) is 1.93. The highest BCUT2D eigenvalue weighted by molar-refractivity contribution is 5.90. The summed E-state index contributed by atoms with van der Waals surface area (Å²) in [4.78, 5) is 10.8. The van der Waals surface area contributed by atoms with E-state index in [0.29, 0.717) is 18.4 Å². The third-order valence-corrected chi connectivity index (χ3v) is 2.82. The molecule has 0 aliphatic rings. The number of carbonyl (C=O) groups excluding carboxylic acids is 1. The SMILES string of the molecule is CC(=O)NCCc1ccc2ccc(O)c(O)c2c1. The zero-order chi connectivity index (χ0) is 13.1. The second-order valence-corrected chi connectivity index (χ2v) is 4.22. The Balaban J connectivity index is 2.26. The van der Waals surface area contributed by atoms with Crippen molar-refractivity contribution < 1.29 is 15.0 Å². The van der Waals surface area contributed by atoms with Gasteiger partial charge >= 0.3 is 0 Å². The van der Waals surface area contributed by atoms with Gasteiger partial charge in [0.2, 0.25) is 5.91 Å². The summed E-state index contributed by atoms with van der Waals surface area (Å²) in [7, 11) is 0. The third kappa shape index (κ3) is 2.53. The largest absolute Gasteiger partial charge is 0.504 e. The minimum Gasteiger partial charge on any atom is -0.504 e. The Hall–Kier alpha value is -2.23. The number of carbonyl (C=O) groups is 1. The molecule has 0 unspecified atom stereocenters. The molecule has 0 aliphatic carbocycles. The van der Waals surface area contributed by atoms with Gasteiger partial charge in [0.05, 0.1) is 0 Å². The van der Waals surface area contributed by atoms with Crippen molar-refractivity contribution in [1.29, 1.82) is 0 Å². The number of aromatic hydroxyl groups is 2. The van der Waals surface area contributed by atoms with E-state index in [1.165, 1.54) is 13.0 Å². The van der Waals surface area contributed by atoms with Crippen LogP contribution in [0.25, 0.3) is 10.8 Å². The molecule has 0 atom stereocenters. The predicted molar refractivity (Wildman–Crippen MR) is 69.7 cm³/mol. The number of phenols is 2. The number of hydrogen-bond acceptors (Lipinski definition) is 3. The Bertz CT molecular complexity index is 593. The first-order chi connectivity index (χ1) is 8.58. The van der Waals surface area contributed by atoms with E-state index in [0.717, 1.165) is 10.9 Å². The fourth-order valence-electron chi connectivity index (χ4n) is 1.88. The van der Waals surface area contributed by atoms with Gasteiger partial charge in [-0.25, -0.2) is 0 Å². The van der Waals surface area contributed by atoms with E-state index in [1.807, 2.05) is 18.2 Å². The van der Waals surface area contributed by atoms with Crippen LogP contribution in [-0.2, 0) is 11.2 Å². The van der Waals surface area contributed by atoms with Crippen molar-refractivity contribution in [3.05, 3.63) is 35.9 Å². The van der Waals surface area contributed by atoms with Crippen LogP contribution >= 0.6 is 0 Å². The molecule has 0 bridgehead atoms. The molecular formula is C14H15NO3. The van der Waals surface area contributed by atoms with Crippen LogP contribution in [0, 0.1) is 0 Å². The van der Waals surface area contributed by atoms with E-state index in [9.17, 15) is 15.0 Å². The lowest BCUT2D eigenvalue weighted by Crippen LogP contribution is -2.22. The van der Waals surface area contributed by atoms with Crippen molar-refractivity contribution >= 4 is 16.7 Å². The highest BCUT2D eigenvalue weighted by atomic mass is 16.3. The molecule has 2 aromatic carbocycles. The van der Waals surface area contributed by atoms with Gasteiger partial charge in [-0.3, -0.25) is 4.79 Å². The van der Waals surface area contributed by atoms with E-state index in [1.54, 1.807) is 6.07 Å². The smallest absolute Gasteiger partial charge is 0.216 e. The monoisotopic (exact) mass is 245 g/mol. The summed E-state index contributed by atoms with van der Waals surface area (Å²) < 4.78 is 0. The molecule has 0 heterocycles. The van der Waals surface area contributed by atoms with Crippen molar-refractivity contribution in [2.24, 2.45) is 0 Å². The van der Waals surface area contributed by atoms with Crippen LogP contribution in [0.4, 0.5) is 0 Å². The first kappa shape index (κ1) is 12.2. The molecule has 94 valence electrons. The number of phenolic OH excluding ortho intramolecular Hbond substituents is 2. The van der Waals surface area contributed by atoms with E-state index in [2.05, 4.69) is 5.32 Å². The van der Waals surface area contributed by atoms with Gasteiger partial charge in [0.15, 0.2) is 11.5 Å². The van der Waals surface area contributed by atoms with E-state index in [-0.39, 0.29) is 17.4 Å². The quantitative estimate of drug-likeness (QED) is 0.724. The summed E-state index contributed by atoms with van der Waals surface area (Å²) in [5.74, 6) is -0.285. The average molecular weight is 245 g/mol. The minimum atomic E-state index is -0.124. The van der Waals surface area contributed by atoms with E-state index >= 15 is 0 Å². The van der Waals surface area contributed by atoms with Crippen molar-refractivity contribution in [3.8, 4) is 11.5 Å². The molecule has 4 nitrogen and oxygen atoms in total. The fraction of sp³-hybridized carbons (Fsp3) is 0.214. The molecule has 4 heteroatoms. The van der Waals surface area contributed by atoms with Crippen LogP contribution in [0.3, 0.4) is 0 Å². The number of fused-ring (bicyclic) bond motifs is 1. The summed E-state index contributed by atoms with van der Waals surface area (Å²) in [5.41, 5.74) is 0.997. The number of rotatable bonds is 3. The summed E-state index contributed by atoms with van der Waals surface area (Å²) in [6, 6.07) is 8.88. The lowest BCUT2D eigenvalue weighted by Gasteiger charge is -2.07. The standard InChI is InChI=1S/C14H15NO3/c1-9(16)15-7-6-10-2-3-11-4-5-13(17)14(18)12(11)8-10/h2-5,8,17-18H,6-7H2,1H3,(H,15,16). The normalized spacial score (nSPS) is 10.5. The van der Waals surface area contributed by atoms with Gasteiger partial charge in [0.1, 0.15) is 0 Å². The first-order valence-electron chi connectivity index (χ1n) is 5.76. The van der Waals surface area contributed by atoms with Crippen LogP contribution < -0.4 is 5.32 Å². The lowest BCUT2D eigenvalue weighted by atomic mass is 10.0. The Morgan fingerprint density at radius 3 is 2.67 bits per heavy atom. The van der Waals surface area contributed by atoms with Crippen LogP contribution in [0.2, 0.25) is 0 Å². The zero-order valence-electron chi connectivity index (χ0n) is 10.1. The average Bonchev–Trinajstić information content (AvgIpc) is 2.34. The molecule has 0 saturated heterocycles. The van der Waals surface area contributed by atoms with Gasteiger partial charge in [-0.2, -0.15) is 0 Å². The zero-order valence-corrected chi connectivity index (χ0v) is 10.1. The van der Waals surface area contributed by atoms with Crippen molar-refractivity contribution in [2.45, 2.75) is 13.3 Å². The maximum Gasteiger partial charge on any atom is 0.216 e. The molecule has 2 rings (SSSR count). The Labute approximate surface area is 105 Å². The van der Waals surface area contributed by atoms with Gasteiger partial charge < -0.3 is 15.5 Å². The summed E-state index contributed by atoms with van der Waals surface area (Å²) in [6.07, 6.45) is 0.685. The van der Waals surface area contributed by atoms with Crippen LogP contribution in [-0.4, -0.2) is 22.7 Å². The van der Waals surface area contributed by atoms with Gasteiger partial charge in [-0.05, 0) is 29.5 Å². The summed E-state index contributed by atoms with van der Waals surface area (Å²) in [5, 5.41) is 23.4. The fourth-order valence-corrected chi connectivity index (χ4v) is 1.88. The molecule has 0 spiro atoms. The van der Waals surface area contributed by atoms with Crippen LogP contribution in [0.5, 0.6) is 11.5 Å². The van der Waals surface area contributed by atoms with E-state index in [4.69, 9.17) is 0 Å². The number of nitrogens with one attached hydrogen (secondary N) is 1. The second-order valence-electron chi connectivity index (χ2n) is 4.22.